The average molecular weight is 615 g/mol. The van der Waals surface area contributed by atoms with Crippen LogP contribution in [0.15, 0.2) is 96.0 Å². The van der Waals surface area contributed by atoms with Gasteiger partial charge in [-0.1, -0.05) is 41.9 Å². The molecule has 210 valence electrons. The molecule has 0 saturated carbocycles. The van der Waals surface area contributed by atoms with E-state index in [-0.39, 0.29) is 17.5 Å². The van der Waals surface area contributed by atoms with Crippen LogP contribution in [0.5, 0.6) is 0 Å². The number of aromatic nitrogens is 1. The van der Waals surface area contributed by atoms with Crippen molar-refractivity contribution in [2.75, 3.05) is 21.5 Å². The molecular weight excluding hydrogens is 591 g/mol. The lowest BCUT2D eigenvalue weighted by Crippen LogP contribution is -2.32. The van der Waals surface area contributed by atoms with Gasteiger partial charge in [-0.25, -0.2) is 9.37 Å². The largest absolute Gasteiger partial charge is 0.326 e. The zero-order valence-corrected chi connectivity index (χ0v) is 24.7. The maximum Gasteiger partial charge on any atom is 0.265 e. The van der Waals surface area contributed by atoms with Crippen molar-refractivity contribution in [1.29, 1.82) is 0 Å². The molecule has 0 radical (unpaired) electrons. The van der Waals surface area contributed by atoms with E-state index in [1.807, 2.05) is 54.6 Å². The van der Waals surface area contributed by atoms with Crippen molar-refractivity contribution in [3.05, 3.63) is 124 Å². The number of halogens is 2. The number of fused-ring (bicyclic) bond motifs is 3. The Morgan fingerprint density at radius 1 is 1.02 bits per heavy atom. The number of para-hydroxylation sites is 2. The van der Waals surface area contributed by atoms with Crippen LogP contribution in [0.1, 0.15) is 31.2 Å². The van der Waals surface area contributed by atoms with Gasteiger partial charge in [0.15, 0.2) is 0 Å². The molecule has 6 nitrogen and oxygen atoms in total. The summed E-state index contributed by atoms with van der Waals surface area (Å²) in [5.74, 6) is -0.939. The number of thiophene rings is 1. The summed E-state index contributed by atoms with van der Waals surface area (Å²) in [4.78, 5) is 34.9. The minimum atomic E-state index is -0.471. The molecule has 42 heavy (non-hydrogen) atoms. The van der Waals surface area contributed by atoms with Crippen molar-refractivity contribution in [3.63, 3.8) is 0 Å². The molecule has 10 heteroatoms. The normalized spacial score (nSPS) is 12.2. The van der Waals surface area contributed by atoms with Gasteiger partial charge < -0.3 is 14.9 Å². The predicted octanol–water partition coefficient (Wildman–Crippen LogP) is 8.49. The monoisotopic (exact) mass is 614 g/mol. The lowest BCUT2D eigenvalue weighted by atomic mass is 10.1. The third-order valence-corrected chi connectivity index (χ3v) is 9.43. The number of amides is 2. The Hall–Kier alpha value is -4.18. The number of hydrogen-bond donors (Lipinski definition) is 2. The van der Waals surface area contributed by atoms with Crippen LogP contribution in [-0.4, -0.2) is 23.3 Å². The summed E-state index contributed by atoms with van der Waals surface area (Å²) in [6, 6.07) is 25.3. The second-order valence-electron chi connectivity index (χ2n) is 9.65. The van der Waals surface area contributed by atoms with E-state index < -0.39 is 5.82 Å². The van der Waals surface area contributed by atoms with Gasteiger partial charge in [-0.05, 0) is 91.0 Å². The van der Waals surface area contributed by atoms with Crippen molar-refractivity contribution in [2.45, 2.75) is 18.2 Å². The van der Waals surface area contributed by atoms with Gasteiger partial charge in [-0.3, -0.25) is 9.59 Å². The maximum atomic E-state index is 14.3. The zero-order valence-electron chi connectivity index (χ0n) is 22.4. The Labute approximate surface area is 255 Å². The minimum Gasteiger partial charge on any atom is -0.326 e. The summed E-state index contributed by atoms with van der Waals surface area (Å²) in [6.45, 7) is 2.20. The number of carbonyl (C=O) groups excluding carboxylic acids is 2. The summed E-state index contributed by atoms with van der Waals surface area (Å²) in [7, 11) is 0. The third-order valence-electron chi connectivity index (χ3n) is 6.92. The summed E-state index contributed by atoms with van der Waals surface area (Å²) in [5, 5.41) is 3.15. The first kappa shape index (κ1) is 28.0. The SMILES string of the molecule is Cc1cccc(F)c1NC(=O)c1cc2c(s1)-c1ccccc1N(C(=O)c1ccc(NSc3cccnc3Cl)cc1)CC2. The number of carbonyl (C=O) groups is 2. The van der Waals surface area contributed by atoms with Gasteiger partial charge in [0.05, 0.1) is 21.1 Å². The first-order valence-electron chi connectivity index (χ1n) is 13.1. The van der Waals surface area contributed by atoms with E-state index in [1.165, 1.54) is 29.4 Å². The molecule has 0 aliphatic carbocycles. The highest BCUT2D eigenvalue weighted by atomic mass is 35.5. The van der Waals surface area contributed by atoms with Gasteiger partial charge in [0.1, 0.15) is 11.0 Å². The van der Waals surface area contributed by atoms with Crippen LogP contribution in [0.4, 0.5) is 21.5 Å². The third kappa shape index (κ3) is 5.63. The Kier molecular flexibility index (Phi) is 7.97. The number of anilines is 3. The standard InChI is InChI=1S/C32H24ClFN4O2S2/c1-19-6-4-8-24(34)28(19)36-31(39)27-18-21-15-17-38(25-9-3-2-7-23(25)29(21)41-27)32(40)20-11-13-22(14-12-20)37-42-26-10-5-16-35-30(26)33/h2-14,16,18,37H,15,17H2,1H3,(H,36,39). The van der Waals surface area contributed by atoms with Crippen LogP contribution in [0.2, 0.25) is 5.15 Å². The molecule has 5 aromatic rings. The van der Waals surface area contributed by atoms with E-state index in [0.29, 0.717) is 34.1 Å². The lowest BCUT2D eigenvalue weighted by Gasteiger charge is -2.23. The topological polar surface area (TPSA) is 74.3 Å². The van der Waals surface area contributed by atoms with Crippen molar-refractivity contribution in [1.82, 2.24) is 4.98 Å². The number of nitrogens with zero attached hydrogens (tertiary/aromatic N) is 2. The van der Waals surface area contributed by atoms with Crippen LogP contribution in [0, 0.1) is 12.7 Å². The first-order chi connectivity index (χ1) is 20.4. The van der Waals surface area contributed by atoms with Gasteiger partial charge in [-0.2, -0.15) is 0 Å². The quantitative estimate of drug-likeness (QED) is 0.148. The Bertz CT molecular complexity index is 1790. The first-order valence-corrected chi connectivity index (χ1v) is 15.1. The number of benzene rings is 3. The molecule has 2 aromatic heterocycles. The Balaban J connectivity index is 1.22. The molecule has 6 rings (SSSR count). The molecule has 0 saturated heterocycles. The van der Waals surface area contributed by atoms with Crippen molar-refractivity contribution < 1.29 is 14.0 Å². The molecule has 3 heterocycles. The van der Waals surface area contributed by atoms with Crippen LogP contribution < -0.4 is 14.9 Å². The number of hydrogen-bond acceptors (Lipinski definition) is 6. The molecular formula is C32H24ClFN4O2S2. The fraction of sp³-hybridized carbons (Fsp3) is 0.0938. The Morgan fingerprint density at radius 3 is 2.62 bits per heavy atom. The molecule has 0 spiro atoms. The fourth-order valence-electron chi connectivity index (χ4n) is 4.78. The fourth-order valence-corrected chi connectivity index (χ4v) is 6.80. The van der Waals surface area contributed by atoms with E-state index in [0.717, 1.165) is 32.3 Å². The second kappa shape index (κ2) is 12.0. The molecule has 1 aliphatic rings. The smallest absolute Gasteiger partial charge is 0.265 e. The van der Waals surface area contributed by atoms with E-state index in [1.54, 1.807) is 42.3 Å². The van der Waals surface area contributed by atoms with Crippen LogP contribution in [0.25, 0.3) is 10.4 Å². The highest BCUT2D eigenvalue weighted by molar-refractivity contribution is 8.00. The highest BCUT2D eigenvalue weighted by Gasteiger charge is 2.27. The van der Waals surface area contributed by atoms with Gasteiger partial charge in [0, 0.05) is 34.4 Å². The summed E-state index contributed by atoms with van der Waals surface area (Å²) in [5.41, 5.74) is 4.86. The van der Waals surface area contributed by atoms with Crippen LogP contribution in [0.3, 0.4) is 0 Å². The van der Waals surface area contributed by atoms with Crippen LogP contribution >= 0.6 is 34.9 Å². The zero-order chi connectivity index (χ0) is 29.2. The van der Waals surface area contributed by atoms with Gasteiger partial charge >= 0.3 is 0 Å². The predicted molar refractivity (Wildman–Crippen MR) is 169 cm³/mol. The summed E-state index contributed by atoms with van der Waals surface area (Å²) >= 11 is 8.84. The van der Waals surface area contributed by atoms with E-state index in [9.17, 15) is 14.0 Å². The van der Waals surface area contributed by atoms with E-state index >= 15 is 0 Å². The Morgan fingerprint density at radius 2 is 1.83 bits per heavy atom. The van der Waals surface area contributed by atoms with Gasteiger partial charge in [-0.15, -0.1) is 11.3 Å². The maximum absolute atomic E-state index is 14.3. The van der Waals surface area contributed by atoms with Gasteiger partial charge in [0.25, 0.3) is 11.8 Å². The lowest BCUT2D eigenvalue weighted by molar-refractivity contribution is 0.0985. The highest BCUT2D eigenvalue weighted by Crippen LogP contribution is 2.42. The van der Waals surface area contributed by atoms with Gasteiger partial charge in [0.2, 0.25) is 0 Å². The van der Waals surface area contributed by atoms with E-state index in [4.69, 9.17) is 11.6 Å². The molecule has 0 fully saturated rings. The molecule has 0 atom stereocenters. The molecule has 2 amide bonds. The number of aryl methyl sites for hydroxylation is 1. The van der Waals surface area contributed by atoms with Crippen molar-refractivity contribution in [3.8, 4) is 10.4 Å². The van der Waals surface area contributed by atoms with E-state index in [2.05, 4.69) is 15.0 Å². The average Bonchev–Trinajstić information content (AvgIpc) is 3.37. The summed E-state index contributed by atoms with van der Waals surface area (Å²) < 4.78 is 17.6. The molecule has 1 aliphatic heterocycles. The molecule has 3 aromatic carbocycles. The van der Waals surface area contributed by atoms with Crippen LogP contribution in [-0.2, 0) is 6.42 Å². The number of pyridine rings is 1. The molecule has 0 unspecified atom stereocenters. The van der Waals surface area contributed by atoms with Crippen molar-refractivity contribution >= 4 is 63.8 Å². The number of rotatable bonds is 6. The second-order valence-corrected chi connectivity index (χ2v) is 11.9. The minimum absolute atomic E-state index is 0.111. The van der Waals surface area contributed by atoms with Crippen molar-refractivity contribution in [2.24, 2.45) is 0 Å². The number of nitrogens with one attached hydrogen (secondary N) is 2. The molecule has 0 bridgehead atoms. The molecule has 2 N–H and O–H groups in total. The summed E-state index contributed by atoms with van der Waals surface area (Å²) in [6.07, 6.45) is 2.21.